The Balaban J connectivity index is 2.11. The number of hydrogen-bond acceptors (Lipinski definition) is 6. The molecule has 1 aromatic rings. The molecule has 0 bridgehead atoms. The van der Waals surface area contributed by atoms with Gasteiger partial charge in [0.1, 0.15) is 12.6 Å². The number of hydrogen-bond donors (Lipinski definition) is 2. The highest BCUT2D eigenvalue weighted by Crippen LogP contribution is 2.48. The molecular formula is C20H22N4O5. The van der Waals surface area contributed by atoms with E-state index in [4.69, 9.17) is 10.5 Å². The normalized spacial score (nSPS) is 21.4. The smallest absolute Gasteiger partial charge is 0.404 e. The fraction of sp³-hybridized carbons (Fsp3) is 0.450. The lowest BCUT2D eigenvalue weighted by Gasteiger charge is -2.40. The molecule has 29 heavy (non-hydrogen) atoms. The monoisotopic (exact) mass is 398 g/mol. The van der Waals surface area contributed by atoms with E-state index in [1.807, 2.05) is 20.8 Å². The van der Waals surface area contributed by atoms with Gasteiger partial charge < -0.3 is 15.4 Å². The summed E-state index contributed by atoms with van der Waals surface area (Å²) in [6, 6.07) is 3.89. The van der Waals surface area contributed by atoms with Crippen molar-refractivity contribution in [2.24, 2.45) is 11.1 Å². The first-order valence-corrected chi connectivity index (χ1v) is 9.20. The van der Waals surface area contributed by atoms with Crippen LogP contribution in [0.5, 0.6) is 0 Å². The van der Waals surface area contributed by atoms with E-state index in [1.165, 1.54) is 4.90 Å². The predicted octanol–water partition coefficient (Wildman–Crippen LogP) is 1.50. The molecule has 0 aliphatic carbocycles. The maximum atomic E-state index is 13.4. The van der Waals surface area contributed by atoms with E-state index in [1.54, 1.807) is 12.1 Å². The number of ether oxygens (including phenoxy) is 1. The molecule has 2 atom stereocenters. The van der Waals surface area contributed by atoms with E-state index >= 15 is 0 Å². The van der Waals surface area contributed by atoms with Gasteiger partial charge in [0.05, 0.1) is 17.7 Å². The summed E-state index contributed by atoms with van der Waals surface area (Å²) >= 11 is 0. The van der Waals surface area contributed by atoms with Gasteiger partial charge in [-0.25, -0.2) is 4.79 Å². The van der Waals surface area contributed by atoms with E-state index in [9.17, 15) is 24.4 Å². The van der Waals surface area contributed by atoms with Gasteiger partial charge in [0, 0.05) is 17.5 Å². The molecule has 1 fully saturated rings. The lowest BCUT2D eigenvalue weighted by atomic mass is 9.79. The van der Waals surface area contributed by atoms with Crippen molar-refractivity contribution >= 4 is 23.8 Å². The molecule has 4 amide bonds. The number of primary amides is 1. The summed E-state index contributed by atoms with van der Waals surface area (Å²) < 4.78 is 4.79. The molecule has 2 aliphatic heterocycles. The largest absolute Gasteiger partial charge is 0.445 e. The minimum Gasteiger partial charge on any atom is -0.445 e. The number of nitrogens with zero attached hydrogens (tertiary/aromatic N) is 2. The van der Waals surface area contributed by atoms with Gasteiger partial charge in [-0.3, -0.25) is 19.7 Å². The minimum absolute atomic E-state index is 0.135. The standard InChI is InChI=1S/C20H22N4O5/c1-20(2,3)16-15-11(8-21)6-10(9-29-19(22)28)7-12(15)18(27)24(16)13-4-5-14(25)23-17(13)26/h6-7,13,16H,4-5,9H2,1-3H3,(H2,22,28)(H,23,25,26). The van der Waals surface area contributed by atoms with Crippen LogP contribution in [0.15, 0.2) is 12.1 Å². The third kappa shape index (κ3) is 3.66. The fourth-order valence-corrected chi connectivity index (χ4v) is 4.03. The number of imide groups is 1. The highest BCUT2D eigenvalue weighted by Gasteiger charge is 2.50. The molecule has 2 unspecified atom stereocenters. The number of carbonyl (C=O) groups excluding carboxylic acids is 4. The van der Waals surface area contributed by atoms with Crippen molar-refractivity contribution in [2.75, 3.05) is 0 Å². The molecule has 2 aliphatic rings. The van der Waals surface area contributed by atoms with Gasteiger partial charge in [-0.2, -0.15) is 5.26 Å². The molecule has 1 saturated heterocycles. The molecule has 1 aromatic carbocycles. The first-order chi connectivity index (χ1) is 13.5. The van der Waals surface area contributed by atoms with Crippen molar-refractivity contribution in [1.82, 2.24) is 10.2 Å². The Morgan fingerprint density at radius 3 is 2.59 bits per heavy atom. The number of nitrogens with one attached hydrogen (secondary N) is 1. The highest BCUT2D eigenvalue weighted by molar-refractivity contribution is 6.06. The second-order valence-corrected chi connectivity index (χ2v) is 8.27. The van der Waals surface area contributed by atoms with E-state index in [0.717, 1.165) is 0 Å². The highest BCUT2D eigenvalue weighted by atomic mass is 16.5. The summed E-state index contributed by atoms with van der Waals surface area (Å²) in [7, 11) is 0. The van der Waals surface area contributed by atoms with E-state index in [-0.39, 0.29) is 36.5 Å². The lowest BCUT2D eigenvalue weighted by Crippen LogP contribution is -2.55. The number of nitriles is 1. The molecular weight excluding hydrogens is 376 g/mol. The quantitative estimate of drug-likeness (QED) is 0.739. The van der Waals surface area contributed by atoms with Gasteiger partial charge >= 0.3 is 6.09 Å². The van der Waals surface area contributed by atoms with E-state index in [2.05, 4.69) is 11.4 Å². The van der Waals surface area contributed by atoms with Gasteiger partial charge in [0.2, 0.25) is 11.8 Å². The summed E-state index contributed by atoms with van der Waals surface area (Å²) in [5.74, 6) is -1.29. The number of carbonyl (C=O) groups is 4. The maximum Gasteiger partial charge on any atom is 0.404 e. The number of nitrogens with two attached hydrogens (primary N) is 1. The topological polar surface area (TPSA) is 143 Å². The maximum absolute atomic E-state index is 13.4. The number of fused-ring (bicyclic) bond motifs is 1. The molecule has 0 radical (unpaired) electrons. The number of piperidine rings is 1. The summed E-state index contributed by atoms with van der Waals surface area (Å²) in [6.07, 6.45) is -0.611. The summed E-state index contributed by atoms with van der Waals surface area (Å²) in [5.41, 5.74) is 6.07. The fourth-order valence-electron chi connectivity index (χ4n) is 4.03. The Hall–Kier alpha value is -3.41. The summed E-state index contributed by atoms with van der Waals surface area (Å²) in [4.78, 5) is 49.8. The minimum atomic E-state index is -0.965. The van der Waals surface area contributed by atoms with Gasteiger partial charge in [-0.15, -0.1) is 0 Å². The SMILES string of the molecule is CC(C)(C)C1c2c(C#N)cc(COC(N)=O)cc2C(=O)N1C1CCC(=O)NC1=O. The number of amides is 4. The lowest BCUT2D eigenvalue weighted by molar-refractivity contribution is -0.137. The van der Waals surface area contributed by atoms with Crippen molar-refractivity contribution < 1.29 is 23.9 Å². The molecule has 3 rings (SSSR count). The molecule has 0 spiro atoms. The third-order valence-electron chi connectivity index (χ3n) is 5.12. The average Bonchev–Trinajstić information content (AvgIpc) is 2.92. The van der Waals surface area contributed by atoms with E-state index in [0.29, 0.717) is 11.1 Å². The zero-order chi connectivity index (χ0) is 21.5. The van der Waals surface area contributed by atoms with Crippen molar-refractivity contribution in [3.63, 3.8) is 0 Å². The van der Waals surface area contributed by atoms with Gasteiger partial charge in [-0.1, -0.05) is 20.8 Å². The molecule has 0 aromatic heterocycles. The number of benzene rings is 1. The summed E-state index contributed by atoms with van der Waals surface area (Å²) in [5, 5.41) is 12.0. The van der Waals surface area contributed by atoms with E-state index < -0.39 is 35.4 Å². The Morgan fingerprint density at radius 2 is 2.03 bits per heavy atom. The van der Waals surface area contributed by atoms with Gasteiger partial charge in [-0.05, 0) is 29.5 Å². The molecule has 0 saturated carbocycles. The van der Waals surface area contributed by atoms with Crippen LogP contribution >= 0.6 is 0 Å². The van der Waals surface area contributed by atoms with Crippen LogP contribution in [0.3, 0.4) is 0 Å². The van der Waals surface area contributed by atoms with Crippen LogP contribution in [0.25, 0.3) is 0 Å². The van der Waals surface area contributed by atoms with Crippen LogP contribution in [-0.4, -0.2) is 34.8 Å². The third-order valence-corrected chi connectivity index (χ3v) is 5.12. The first kappa shape index (κ1) is 20.3. The predicted molar refractivity (Wildman–Crippen MR) is 100 cm³/mol. The first-order valence-electron chi connectivity index (χ1n) is 9.20. The Morgan fingerprint density at radius 1 is 1.34 bits per heavy atom. The molecule has 152 valence electrons. The molecule has 9 nitrogen and oxygen atoms in total. The Kier molecular flexibility index (Phi) is 5.05. The zero-order valence-electron chi connectivity index (χ0n) is 16.4. The van der Waals surface area contributed by atoms with Crippen LogP contribution in [0.2, 0.25) is 0 Å². The van der Waals surface area contributed by atoms with Gasteiger partial charge in [0.15, 0.2) is 0 Å². The molecule has 9 heteroatoms. The van der Waals surface area contributed by atoms with Crippen molar-refractivity contribution in [3.05, 3.63) is 34.4 Å². The van der Waals surface area contributed by atoms with Crippen LogP contribution in [-0.2, 0) is 20.9 Å². The second kappa shape index (κ2) is 7.20. The Bertz CT molecular complexity index is 957. The second-order valence-electron chi connectivity index (χ2n) is 8.27. The van der Waals surface area contributed by atoms with Crippen molar-refractivity contribution in [1.29, 1.82) is 5.26 Å². The van der Waals surface area contributed by atoms with Crippen LogP contribution < -0.4 is 11.1 Å². The molecule has 2 heterocycles. The van der Waals surface area contributed by atoms with Crippen molar-refractivity contribution in [2.45, 2.75) is 52.3 Å². The number of rotatable bonds is 3. The Labute approximate surface area is 167 Å². The van der Waals surface area contributed by atoms with Crippen LogP contribution in [0, 0.1) is 16.7 Å². The van der Waals surface area contributed by atoms with Crippen molar-refractivity contribution in [3.8, 4) is 6.07 Å². The van der Waals surface area contributed by atoms with Crippen LogP contribution in [0.1, 0.15) is 66.7 Å². The average molecular weight is 398 g/mol. The zero-order valence-corrected chi connectivity index (χ0v) is 16.4. The van der Waals surface area contributed by atoms with Gasteiger partial charge in [0.25, 0.3) is 5.91 Å². The van der Waals surface area contributed by atoms with Crippen LogP contribution in [0.4, 0.5) is 4.79 Å². The molecule has 3 N–H and O–H groups in total. The summed E-state index contributed by atoms with van der Waals surface area (Å²) in [6.45, 7) is 5.59.